The van der Waals surface area contributed by atoms with Crippen LogP contribution in [-0.2, 0) is 25.5 Å². The molecule has 2 atom stereocenters. The molecule has 0 fully saturated rings. The van der Waals surface area contributed by atoms with Gasteiger partial charge in [0.15, 0.2) is 6.10 Å². The highest BCUT2D eigenvalue weighted by atomic mass is 35.5. The second kappa shape index (κ2) is 11.2. The maximum Gasteiger partial charge on any atom is 0.345 e. The van der Waals surface area contributed by atoms with Gasteiger partial charge in [-0.1, -0.05) is 31.5 Å². The Hall–Kier alpha value is -2.32. The number of hydrogen-bond donors (Lipinski definition) is 3. The van der Waals surface area contributed by atoms with Crippen LogP contribution in [0.25, 0.3) is 0 Å². The molecule has 0 saturated carbocycles. The molecule has 1 aromatic rings. The van der Waals surface area contributed by atoms with Crippen LogP contribution in [0.15, 0.2) is 18.2 Å². The number of carboxylic acids is 1. The van der Waals surface area contributed by atoms with Crippen molar-refractivity contribution in [2.24, 2.45) is 17.1 Å². The van der Waals surface area contributed by atoms with Gasteiger partial charge in [0.05, 0.1) is 23.6 Å². The van der Waals surface area contributed by atoms with Crippen LogP contribution in [0.5, 0.6) is 5.75 Å². The average Bonchev–Trinajstić information content (AvgIpc) is 2.65. The fourth-order valence-electron chi connectivity index (χ4n) is 2.61. The van der Waals surface area contributed by atoms with Gasteiger partial charge in [0.1, 0.15) is 5.75 Å². The van der Waals surface area contributed by atoms with Gasteiger partial charge in [0.25, 0.3) is 0 Å². The van der Waals surface area contributed by atoms with E-state index in [1.807, 2.05) is 13.8 Å². The number of aliphatic carboxylic acids is 1. The van der Waals surface area contributed by atoms with E-state index in [9.17, 15) is 19.5 Å². The molecule has 0 bridgehead atoms. The number of amides is 1. The number of carboxylic acid groups (broad SMARTS) is 1. The molecular formula is C21H31ClN2O6. The summed E-state index contributed by atoms with van der Waals surface area (Å²) in [6.45, 7) is 6.77. The lowest BCUT2D eigenvalue weighted by atomic mass is 9.93. The maximum atomic E-state index is 12.4. The minimum Gasteiger partial charge on any atom is -0.495 e. The number of carbonyl (C=O) groups is 3. The summed E-state index contributed by atoms with van der Waals surface area (Å²) in [6, 6.07) is 4.28. The molecule has 8 nitrogen and oxygen atoms in total. The Morgan fingerprint density at radius 1 is 1.27 bits per heavy atom. The van der Waals surface area contributed by atoms with Gasteiger partial charge in [-0.25, -0.2) is 4.79 Å². The van der Waals surface area contributed by atoms with Crippen LogP contribution >= 0.6 is 11.6 Å². The molecular weight excluding hydrogens is 412 g/mol. The van der Waals surface area contributed by atoms with Crippen LogP contribution in [0.2, 0.25) is 5.02 Å². The van der Waals surface area contributed by atoms with Gasteiger partial charge in [-0.15, -0.1) is 0 Å². The summed E-state index contributed by atoms with van der Waals surface area (Å²) in [6.07, 6.45) is -0.774. The van der Waals surface area contributed by atoms with Gasteiger partial charge < -0.3 is 25.6 Å². The molecule has 0 aliphatic rings. The van der Waals surface area contributed by atoms with Crippen molar-refractivity contribution in [3.05, 3.63) is 28.8 Å². The SMILES string of the molecule is COc1ccc(C[C@@H](N)C(=O)NCC(C)(C)C(=O)O[C@@H](CC(C)C)C(=O)O)cc1Cl. The van der Waals surface area contributed by atoms with E-state index >= 15 is 0 Å². The Balaban J connectivity index is 2.65. The number of methoxy groups -OCH3 is 1. The standard InChI is InChI=1S/C21H31ClN2O6/c1-12(2)8-17(19(26)27)30-20(28)21(3,4)11-24-18(25)15(23)10-13-6-7-16(29-5)14(22)9-13/h6-7,9,12,15,17H,8,10-11,23H2,1-5H3,(H,24,25)(H,26,27)/t15-,17+/m1/s1. The summed E-state index contributed by atoms with van der Waals surface area (Å²) >= 11 is 6.08. The predicted octanol–water partition coefficient (Wildman–Crippen LogP) is 2.40. The molecule has 9 heteroatoms. The number of nitrogens with one attached hydrogen (secondary N) is 1. The highest BCUT2D eigenvalue weighted by molar-refractivity contribution is 6.32. The number of carbonyl (C=O) groups excluding carboxylic acids is 2. The molecule has 4 N–H and O–H groups in total. The van der Waals surface area contributed by atoms with Crippen molar-refractivity contribution in [2.75, 3.05) is 13.7 Å². The van der Waals surface area contributed by atoms with Gasteiger partial charge in [0, 0.05) is 6.54 Å². The van der Waals surface area contributed by atoms with Crippen molar-refractivity contribution in [1.29, 1.82) is 0 Å². The number of benzene rings is 1. The lowest BCUT2D eigenvalue weighted by molar-refractivity contribution is -0.171. The molecule has 0 heterocycles. The number of hydrogen-bond acceptors (Lipinski definition) is 6. The third-order valence-electron chi connectivity index (χ3n) is 4.48. The Morgan fingerprint density at radius 3 is 2.40 bits per heavy atom. The van der Waals surface area contributed by atoms with Crippen LogP contribution in [0.4, 0.5) is 0 Å². The molecule has 1 amide bonds. The monoisotopic (exact) mass is 442 g/mol. The summed E-state index contributed by atoms with van der Waals surface area (Å²) < 4.78 is 10.3. The lowest BCUT2D eigenvalue weighted by Crippen LogP contribution is -2.48. The lowest BCUT2D eigenvalue weighted by Gasteiger charge is -2.26. The van der Waals surface area contributed by atoms with Gasteiger partial charge in [0.2, 0.25) is 5.91 Å². The Labute approximate surface area is 182 Å². The van der Waals surface area contributed by atoms with Crippen LogP contribution in [0.3, 0.4) is 0 Å². The van der Waals surface area contributed by atoms with Gasteiger partial charge >= 0.3 is 11.9 Å². The zero-order valence-corrected chi connectivity index (χ0v) is 18.8. The molecule has 0 aliphatic carbocycles. The second-order valence-corrected chi connectivity index (χ2v) is 8.65. The van der Waals surface area contributed by atoms with E-state index in [-0.39, 0.29) is 25.3 Å². The normalized spacial score (nSPS) is 13.5. The number of rotatable bonds is 11. The van der Waals surface area contributed by atoms with Crippen molar-refractivity contribution in [2.45, 2.75) is 52.7 Å². The number of halogens is 1. The van der Waals surface area contributed by atoms with Crippen LogP contribution in [0.1, 0.15) is 39.7 Å². The van der Waals surface area contributed by atoms with Crippen molar-refractivity contribution < 1.29 is 29.0 Å². The van der Waals surface area contributed by atoms with Crippen molar-refractivity contribution in [1.82, 2.24) is 5.32 Å². The second-order valence-electron chi connectivity index (χ2n) is 8.24. The van der Waals surface area contributed by atoms with E-state index in [2.05, 4.69) is 5.32 Å². The first kappa shape index (κ1) is 25.7. The van der Waals surface area contributed by atoms with E-state index in [0.29, 0.717) is 10.8 Å². The van der Waals surface area contributed by atoms with Gasteiger partial charge in [-0.3, -0.25) is 9.59 Å². The van der Waals surface area contributed by atoms with E-state index in [1.54, 1.807) is 32.0 Å². The fourth-order valence-corrected chi connectivity index (χ4v) is 2.89. The van der Waals surface area contributed by atoms with E-state index in [4.69, 9.17) is 26.8 Å². The molecule has 0 aromatic heterocycles. The highest BCUT2D eigenvalue weighted by Gasteiger charge is 2.34. The number of ether oxygens (including phenoxy) is 2. The van der Waals surface area contributed by atoms with Crippen LogP contribution in [0, 0.1) is 11.3 Å². The Bertz CT molecular complexity index is 766. The molecule has 0 radical (unpaired) electrons. The maximum absolute atomic E-state index is 12.4. The third-order valence-corrected chi connectivity index (χ3v) is 4.77. The molecule has 0 aliphatic heterocycles. The summed E-state index contributed by atoms with van der Waals surface area (Å²) in [7, 11) is 1.51. The third kappa shape index (κ3) is 7.84. The molecule has 0 spiro atoms. The molecule has 30 heavy (non-hydrogen) atoms. The van der Waals surface area contributed by atoms with E-state index < -0.39 is 35.4 Å². The minimum absolute atomic E-state index is 0.0459. The Kier molecular flexibility index (Phi) is 9.58. The van der Waals surface area contributed by atoms with E-state index in [1.165, 1.54) is 7.11 Å². The molecule has 168 valence electrons. The molecule has 0 saturated heterocycles. The van der Waals surface area contributed by atoms with Gasteiger partial charge in [-0.05, 0) is 50.3 Å². The zero-order chi connectivity index (χ0) is 23.1. The molecule has 1 rings (SSSR count). The largest absolute Gasteiger partial charge is 0.495 e. The fraction of sp³-hybridized carbons (Fsp3) is 0.571. The smallest absolute Gasteiger partial charge is 0.345 e. The first-order valence-electron chi connectivity index (χ1n) is 9.67. The predicted molar refractivity (Wildman–Crippen MR) is 113 cm³/mol. The number of nitrogens with two attached hydrogens (primary N) is 1. The van der Waals surface area contributed by atoms with Crippen LogP contribution < -0.4 is 15.8 Å². The summed E-state index contributed by atoms with van der Waals surface area (Å²) in [5, 5.41) is 12.3. The highest BCUT2D eigenvalue weighted by Crippen LogP contribution is 2.25. The Morgan fingerprint density at radius 2 is 1.90 bits per heavy atom. The van der Waals surface area contributed by atoms with Gasteiger partial charge in [-0.2, -0.15) is 0 Å². The first-order chi connectivity index (χ1) is 13.9. The summed E-state index contributed by atoms with van der Waals surface area (Å²) in [4.78, 5) is 36.1. The quantitative estimate of drug-likeness (QED) is 0.449. The van der Waals surface area contributed by atoms with Crippen molar-refractivity contribution in [3.8, 4) is 5.75 Å². The van der Waals surface area contributed by atoms with Crippen molar-refractivity contribution in [3.63, 3.8) is 0 Å². The number of esters is 1. The van der Waals surface area contributed by atoms with Crippen LogP contribution in [-0.4, -0.2) is 48.8 Å². The van der Waals surface area contributed by atoms with Crippen molar-refractivity contribution >= 4 is 29.4 Å². The summed E-state index contributed by atoms with van der Waals surface area (Å²) in [5.41, 5.74) is 5.61. The first-order valence-corrected chi connectivity index (χ1v) is 10.0. The zero-order valence-electron chi connectivity index (χ0n) is 18.0. The summed E-state index contributed by atoms with van der Waals surface area (Å²) in [5.74, 6) is -1.77. The average molecular weight is 443 g/mol. The molecule has 1 aromatic carbocycles. The topological polar surface area (TPSA) is 128 Å². The molecule has 0 unspecified atom stereocenters. The minimum atomic E-state index is -1.23. The van der Waals surface area contributed by atoms with E-state index in [0.717, 1.165) is 5.56 Å².